The highest BCUT2D eigenvalue weighted by atomic mass is 35.5. The van der Waals surface area contributed by atoms with Gasteiger partial charge in [0.25, 0.3) is 0 Å². The van der Waals surface area contributed by atoms with Gasteiger partial charge in [0, 0.05) is 13.1 Å². The van der Waals surface area contributed by atoms with Gasteiger partial charge in [-0.25, -0.2) is 17.2 Å². The van der Waals surface area contributed by atoms with Crippen LogP contribution in [0.2, 0.25) is 0 Å². The number of nitrogens with zero attached hydrogens (tertiary/aromatic N) is 1. The fourth-order valence-corrected chi connectivity index (χ4v) is 3.60. The van der Waals surface area contributed by atoms with Gasteiger partial charge in [0.2, 0.25) is 10.0 Å². The van der Waals surface area contributed by atoms with E-state index in [1.165, 1.54) is 11.4 Å². The van der Waals surface area contributed by atoms with Gasteiger partial charge in [0.05, 0.1) is 4.90 Å². The number of rotatable bonds is 3. The lowest BCUT2D eigenvalue weighted by molar-refractivity contribution is 0.296. The molecule has 1 saturated heterocycles. The van der Waals surface area contributed by atoms with Gasteiger partial charge >= 0.3 is 0 Å². The Kier molecular flexibility index (Phi) is 5.88. The lowest BCUT2D eigenvalue weighted by atomic mass is 10.1. The zero-order chi connectivity index (χ0) is 14.0. The van der Waals surface area contributed by atoms with Crippen LogP contribution in [0.15, 0.2) is 23.1 Å². The van der Waals surface area contributed by atoms with Crippen molar-refractivity contribution in [3.8, 4) is 0 Å². The second-order valence-corrected chi connectivity index (χ2v) is 6.58. The predicted octanol–water partition coefficient (Wildman–Crippen LogP) is 1.76. The number of hydrogen-bond acceptors (Lipinski definition) is 3. The molecule has 1 aliphatic rings. The topological polar surface area (TPSA) is 49.4 Å². The summed E-state index contributed by atoms with van der Waals surface area (Å²) < 4.78 is 51.9. The molecule has 1 fully saturated rings. The maximum absolute atomic E-state index is 13.1. The van der Waals surface area contributed by atoms with Crippen molar-refractivity contribution in [1.82, 2.24) is 9.62 Å². The standard InChI is InChI=1S/C12H16F2N2O2S.ClH/c1-16(9-4-6-15-7-5-9)19(17,18)10-2-3-11(13)12(14)8-10;/h2-3,8-9,15H,4-7H2,1H3;1H. The number of benzene rings is 1. The Balaban J connectivity index is 0.00000200. The van der Waals surface area contributed by atoms with Gasteiger partial charge in [-0.2, -0.15) is 4.31 Å². The predicted molar refractivity (Wildman–Crippen MR) is 74.4 cm³/mol. The molecular formula is C12H17ClF2N2O2S. The first-order chi connectivity index (χ1) is 8.93. The van der Waals surface area contributed by atoms with Crippen LogP contribution in [-0.4, -0.2) is 38.9 Å². The minimum atomic E-state index is -3.78. The van der Waals surface area contributed by atoms with Gasteiger partial charge in [-0.05, 0) is 44.1 Å². The largest absolute Gasteiger partial charge is 0.317 e. The monoisotopic (exact) mass is 326 g/mol. The minimum Gasteiger partial charge on any atom is -0.317 e. The average molecular weight is 327 g/mol. The molecule has 2 rings (SSSR count). The maximum atomic E-state index is 13.1. The number of piperidine rings is 1. The molecule has 0 unspecified atom stereocenters. The minimum absolute atomic E-state index is 0. The molecular weight excluding hydrogens is 310 g/mol. The molecule has 0 radical (unpaired) electrons. The van der Waals surface area contributed by atoms with E-state index < -0.39 is 21.7 Å². The Bertz CT molecular complexity index is 563. The molecule has 0 aliphatic carbocycles. The fraction of sp³-hybridized carbons (Fsp3) is 0.500. The van der Waals surface area contributed by atoms with E-state index in [2.05, 4.69) is 5.32 Å². The molecule has 4 nitrogen and oxygen atoms in total. The van der Waals surface area contributed by atoms with E-state index in [4.69, 9.17) is 0 Å². The maximum Gasteiger partial charge on any atom is 0.243 e. The van der Waals surface area contributed by atoms with Crippen LogP contribution in [0.4, 0.5) is 8.78 Å². The number of nitrogens with one attached hydrogen (secondary N) is 1. The molecule has 20 heavy (non-hydrogen) atoms. The fourth-order valence-electron chi connectivity index (χ4n) is 2.17. The van der Waals surface area contributed by atoms with Crippen molar-refractivity contribution in [2.45, 2.75) is 23.8 Å². The summed E-state index contributed by atoms with van der Waals surface area (Å²) in [5, 5.41) is 3.15. The summed E-state index contributed by atoms with van der Waals surface area (Å²) in [6, 6.07) is 2.53. The third-order valence-corrected chi connectivity index (χ3v) is 5.30. The summed E-state index contributed by atoms with van der Waals surface area (Å²) in [7, 11) is -2.30. The first-order valence-electron chi connectivity index (χ1n) is 6.07. The SMILES string of the molecule is CN(C1CCNCC1)S(=O)(=O)c1ccc(F)c(F)c1.Cl. The molecule has 0 amide bonds. The van der Waals surface area contributed by atoms with E-state index in [0.717, 1.165) is 31.3 Å². The highest BCUT2D eigenvalue weighted by Gasteiger charge is 2.29. The molecule has 1 aliphatic heterocycles. The summed E-state index contributed by atoms with van der Waals surface area (Å²) in [6.45, 7) is 1.50. The molecule has 0 bridgehead atoms. The summed E-state index contributed by atoms with van der Waals surface area (Å²) in [4.78, 5) is -0.215. The van der Waals surface area contributed by atoms with Gasteiger partial charge in [0.1, 0.15) is 0 Å². The van der Waals surface area contributed by atoms with Crippen molar-refractivity contribution in [3.63, 3.8) is 0 Å². The first kappa shape index (κ1) is 17.3. The normalized spacial score (nSPS) is 17.0. The van der Waals surface area contributed by atoms with E-state index in [-0.39, 0.29) is 23.3 Å². The molecule has 114 valence electrons. The van der Waals surface area contributed by atoms with E-state index in [1.54, 1.807) is 0 Å². The molecule has 1 N–H and O–H groups in total. The Morgan fingerprint density at radius 1 is 1.20 bits per heavy atom. The van der Waals surface area contributed by atoms with E-state index in [0.29, 0.717) is 12.8 Å². The van der Waals surface area contributed by atoms with Gasteiger partial charge in [0.15, 0.2) is 11.6 Å². The van der Waals surface area contributed by atoms with Crippen LogP contribution >= 0.6 is 12.4 Å². The van der Waals surface area contributed by atoms with Gasteiger partial charge in [-0.15, -0.1) is 12.4 Å². The Morgan fingerprint density at radius 2 is 1.80 bits per heavy atom. The van der Waals surface area contributed by atoms with Crippen LogP contribution in [-0.2, 0) is 10.0 Å². The van der Waals surface area contributed by atoms with Crippen molar-refractivity contribution in [3.05, 3.63) is 29.8 Å². The molecule has 8 heteroatoms. The Labute approximate surface area is 123 Å². The van der Waals surface area contributed by atoms with E-state index in [9.17, 15) is 17.2 Å². The zero-order valence-electron chi connectivity index (χ0n) is 11.0. The van der Waals surface area contributed by atoms with Crippen LogP contribution < -0.4 is 5.32 Å². The van der Waals surface area contributed by atoms with Crippen LogP contribution in [0.5, 0.6) is 0 Å². The molecule has 1 aromatic rings. The molecule has 0 aromatic heterocycles. The van der Waals surface area contributed by atoms with Crippen LogP contribution in [0.3, 0.4) is 0 Å². The van der Waals surface area contributed by atoms with E-state index >= 15 is 0 Å². The number of sulfonamides is 1. The summed E-state index contributed by atoms with van der Waals surface area (Å²) >= 11 is 0. The Morgan fingerprint density at radius 3 is 2.35 bits per heavy atom. The summed E-state index contributed by atoms with van der Waals surface area (Å²) in [6.07, 6.45) is 1.42. The van der Waals surface area contributed by atoms with Crippen molar-refractivity contribution in [1.29, 1.82) is 0 Å². The lowest BCUT2D eigenvalue weighted by Gasteiger charge is -2.30. The molecule has 0 atom stereocenters. The molecule has 1 heterocycles. The second-order valence-electron chi connectivity index (χ2n) is 4.58. The van der Waals surface area contributed by atoms with Crippen LogP contribution in [0, 0.1) is 11.6 Å². The molecule has 0 spiro atoms. The zero-order valence-corrected chi connectivity index (χ0v) is 12.6. The van der Waals surface area contributed by atoms with Crippen LogP contribution in [0.25, 0.3) is 0 Å². The van der Waals surface area contributed by atoms with Crippen LogP contribution in [0.1, 0.15) is 12.8 Å². The van der Waals surface area contributed by atoms with Gasteiger partial charge in [-0.1, -0.05) is 0 Å². The third-order valence-electron chi connectivity index (χ3n) is 3.39. The highest BCUT2D eigenvalue weighted by molar-refractivity contribution is 7.89. The molecule has 0 saturated carbocycles. The second kappa shape index (κ2) is 6.80. The van der Waals surface area contributed by atoms with Gasteiger partial charge in [-0.3, -0.25) is 0 Å². The molecule has 1 aromatic carbocycles. The van der Waals surface area contributed by atoms with Gasteiger partial charge < -0.3 is 5.32 Å². The average Bonchev–Trinajstić information content (AvgIpc) is 2.41. The number of halogens is 3. The Hall–Kier alpha value is -0.760. The van der Waals surface area contributed by atoms with E-state index in [1.807, 2.05) is 0 Å². The van der Waals surface area contributed by atoms with Crippen molar-refractivity contribution >= 4 is 22.4 Å². The highest BCUT2D eigenvalue weighted by Crippen LogP contribution is 2.22. The summed E-state index contributed by atoms with van der Waals surface area (Å²) in [5.74, 6) is -2.21. The lowest BCUT2D eigenvalue weighted by Crippen LogP contribution is -2.43. The number of hydrogen-bond donors (Lipinski definition) is 1. The summed E-state index contributed by atoms with van der Waals surface area (Å²) in [5.41, 5.74) is 0. The first-order valence-corrected chi connectivity index (χ1v) is 7.51. The third kappa shape index (κ3) is 3.46. The smallest absolute Gasteiger partial charge is 0.243 e. The quantitative estimate of drug-likeness (QED) is 0.921. The van der Waals surface area contributed by atoms with Crippen molar-refractivity contribution in [2.24, 2.45) is 0 Å². The van der Waals surface area contributed by atoms with Crippen molar-refractivity contribution < 1.29 is 17.2 Å². The van der Waals surface area contributed by atoms with Crippen molar-refractivity contribution in [2.75, 3.05) is 20.1 Å².